The minimum atomic E-state index is -1.24. The zero-order valence-electron chi connectivity index (χ0n) is 23.1. The molecule has 3 aliphatic rings. The number of nitrogens with zero attached hydrogens (tertiary/aromatic N) is 6. The number of aryl methyl sites for hydroxylation is 2. The summed E-state index contributed by atoms with van der Waals surface area (Å²) in [5.74, 6) is 0.144. The van der Waals surface area contributed by atoms with Gasteiger partial charge in [-0.2, -0.15) is 10.2 Å². The van der Waals surface area contributed by atoms with Crippen LogP contribution in [0.15, 0.2) is 53.7 Å². The van der Waals surface area contributed by atoms with E-state index in [1.807, 2.05) is 35.9 Å². The molecule has 10 heteroatoms. The van der Waals surface area contributed by atoms with Gasteiger partial charge in [0.1, 0.15) is 11.5 Å². The molecule has 0 bridgehead atoms. The maximum absolute atomic E-state index is 15.8. The number of imidazole rings is 1. The van der Waals surface area contributed by atoms with Gasteiger partial charge in [-0.25, -0.2) is 18.3 Å². The summed E-state index contributed by atoms with van der Waals surface area (Å²) in [6.45, 7) is 4.84. The average Bonchev–Trinajstić information content (AvgIpc) is 3.83. The molecule has 4 heterocycles. The van der Waals surface area contributed by atoms with Crippen LogP contribution in [0.2, 0.25) is 0 Å². The summed E-state index contributed by atoms with van der Waals surface area (Å²) in [6.07, 6.45) is 9.70. The van der Waals surface area contributed by atoms with Gasteiger partial charge in [-0.3, -0.25) is 13.8 Å². The van der Waals surface area contributed by atoms with Crippen LogP contribution in [-0.4, -0.2) is 35.2 Å². The second-order valence-electron chi connectivity index (χ2n) is 11.8. The highest BCUT2D eigenvalue weighted by molar-refractivity contribution is 5.82. The maximum Gasteiger partial charge on any atom is 0.338 e. The van der Waals surface area contributed by atoms with Gasteiger partial charge in [0.2, 0.25) is 0 Å². The molecule has 3 aromatic heterocycles. The number of hydrogen-bond acceptors (Lipinski definition) is 4. The van der Waals surface area contributed by atoms with Crippen molar-refractivity contribution in [2.24, 2.45) is 0 Å². The molecule has 0 saturated heterocycles. The van der Waals surface area contributed by atoms with E-state index in [1.54, 1.807) is 33.9 Å². The van der Waals surface area contributed by atoms with Crippen LogP contribution in [0.25, 0.3) is 28.1 Å². The molecule has 1 aliphatic heterocycles. The molecular weight excluding hydrogens is 524 g/mol. The molecule has 1 N–H and O–H groups in total. The highest BCUT2D eigenvalue weighted by Gasteiger charge is 2.45. The smallest absolute Gasteiger partial charge is 0.310 e. The van der Waals surface area contributed by atoms with Gasteiger partial charge in [0.25, 0.3) is 0 Å². The lowest BCUT2D eigenvalue weighted by molar-refractivity contribution is 0.316. The minimum Gasteiger partial charge on any atom is -0.310 e. The fraction of sp³-hybridized carbons (Fsp3) is 0.387. The van der Waals surface area contributed by atoms with Crippen molar-refractivity contribution >= 4 is 10.9 Å². The summed E-state index contributed by atoms with van der Waals surface area (Å²) in [5.41, 5.74) is 3.47. The lowest BCUT2D eigenvalue weighted by Gasteiger charge is -2.16. The first-order valence-corrected chi connectivity index (χ1v) is 14.5. The van der Waals surface area contributed by atoms with Crippen molar-refractivity contribution in [2.45, 2.75) is 70.1 Å². The topological polar surface area (TPSA) is 74.6 Å². The first-order chi connectivity index (χ1) is 19.8. The number of alkyl halides is 1. The normalized spacial score (nSPS) is 19.9. The zero-order valence-corrected chi connectivity index (χ0v) is 23.1. The van der Waals surface area contributed by atoms with E-state index in [4.69, 9.17) is 5.10 Å². The Balaban J connectivity index is 1.29. The summed E-state index contributed by atoms with van der Waals surface area (Å²) in [7, 11) is 0. The van der Waals surface area contributed by atoms with Crippen molar-refractivity contribution in [3.05, 3.63) is 87.6 Å². The van der Waals surface area contributed by atoms with E-state index in [1.165, 1.54) is 4.57 Å². The molecule has 0 spiro atoms. The van der Waals surface area contributed by atoms with Crippen molar-refractivity contribution in [3.8, 4) is 17.2 Å². The Bertz CT molecular complexity index is 1900. The summed E-state index contributed by atoms with van der Waals surface area (Å²) < 4.78 is 37.3. The molecule has 5 aromatic rings. The number of fused-ring (bicyclic) bond motifs is 2. The molecule has 0 radical (unpaired) electrons. The van der Waals surface area contributed by atoms with Crippen molar-refractivity contribution < 1.29 is 8.78 Å². The van der Waals surface area contributed by atoms with Gasteiger partial charge >= 0.3 is 5.69 Å². The van der Waals surface area contributed by atoms with E-state index in [0.717, 1.165) is 60.3 Å². The molecule has 0 unspecified atom stereocenters. The fourth-order valence-corrected chi connectivity index (χ4v) is 6.44. The van der Waals surface area contributed by atoms with Gasteiger partial charge in [-0.15, -0.1) is 0 Å². The van der Waals surface area contributed by atoms with Crippen molar-refractivity contribution in [1.29, 1.82) is 0 Å². The third-order valence-electron chi connectivity index (χ3n) is 8.93. The predicted octanol–water partition coefficient (Wildman–Crippen LogP) is 5.50. The summed E-state index contributed by atoms with van der Waals surface area (Å²) in [5, 5.41) is 13.3. The fourth-order valence-electron chi connectivity index (χ4n) is 6.44. The van der Waals surface area contributed by atoms with Gasteiger partial charge in [-0.05, 0) is 94.3 Å². The van der Waals surface area contributed by atoms with Gasteiger partial charge in [0, 0.05) is 24.0 Å². The number of halogens is 2. The van der Waals surface area contributed by atoms with E-state index in [2.05, 4.69) is 17.3 Å². The number of nitrogens with one attached hydrogen (secondary N) is 1. The number of aromatic nitrogens is 6. The van der Waals surface area contributed by atoms with Gasteiger partial charge in [-0.1, -0.05) is 6.07 Å². The molecule has 2 saturated carbocycles. The third-order valence-corrected chi connectivity index (χ3v) is 8.93. The molecule has 2 aliphatic carbocycles. The van der Waals surface area contributed by atoms with E-state index < -0.39 is 17.2 Å². The Labute approximate surface area is 235 Å². The van der Waals surface area contributed by atoms with Crippen LogP contribution in [0.1, 0.15) is 73.5 Å². The van der Waals surface area contributed by atoms with Crippen molar-refractivity contribution in [1.82, 2.24) is 34.0 Å². The lowest BCUT2D eigenvalue weighted by atomic mass is 10.0. The van der Waals surface area contributed by atoms with Crippen molar-refractivity contribution in [3.63, 3.8) is 0 Å². The minimum absolute atomic E-state index is 0.0474. The number of benzene rings is 2. The second kappa shape index (κ2) is 8.72. The maximum atomic E-state index is 15.8. The molecule has 41 heavy (non-hydrogen) atoms. The SMILES string of the molecule is Cc1cc(-n2nc3c(c2-n2ccn(-c4ccc5c(cnn5C5CC5)c4F)c2=O)[C@H](C)NCCC3)ccc1C1(F)CC1. The van der Waals surface area contributed by atoms with Gasteiger partial charge < -0.3 is 5.32 Å². The Hall–Kier alpha value is -4.05. The molecule has 2 aromatic carbocycles. The molecule has 210 valence electrons. The van der Waals surface area contributed by atoms with E-state index in [0.29, 0.717) is 35.7 Å². The van der Waals surface area contributed by atoms with Crippen LogP contribution in [0.4, 0.5) is 8.78 Å². The predicted molar refractivity (Wildman–Crippen MR) is 152 cm³/mol. The van der Waals surface area contributed by atoms with Crippen LogP contribution >= 0.6 is 0 Å². The molecule has 1 atom stereocenters. The molecule has 8 nitrogen and oxygen atoms in total. The molecular formula is C31H31F2N7O. The van der Waals surface area contributed by atoms with E-state index >= 15 is 4.39 Å². The second-order valence-corrected chi connectivity index (χ2v) is 11.8. The number of rotatable bonds is 5. The average molecular weight is 556 g/mol. The quantitative estimate of drug-likeness (QED) is 0.311. The standard InChI is InChI=1S/C31H31F2N7O/c1-18-16-21(7-8-23(18)31(33)11-12-31)40-29(27-19(2)34-13-3-4-24(27)36-40)38-15-14-37(30(38)41)26-10-9-25-22(28(26)32)17-35-39(25)20-5-6-20/h7-10,14-17,19-20,34H,3-6,11-13H2,1-2H3/t19-/m0/s1. The Kier molecular flexibility index (Phi) is 5.26. The molecule has 0 amide bonds. The van der Waals surface area contributed by atoms with Crippen LogP contribution in [0.3, 0.4) is 0 Å². The largest absolute Gasteiger partial charge is 0.338 e. The first kappa shape index (κ1) is 24.7. The Morgan fingerprint density at radius 1 is 1.10 bits per heavy atom. The lowest BCUT2D eigenvalue weighted by Crippen LogP contribution is -2.26. The highest BCUT2D eigenvalue weighted by Crippen LogP contribution is 2.50. The summed E-state index contributed by atoms with van der Waals surface area (Å²) in [4.78, 5) is 14.0. The van der Waals surface area contributed by atoms with Gasteiger partial charge in [0.15, 0.2) is 5.82 Å². The van der Waals surface area contributed by atoms with Crippen LogP contribution in [0, 0.1) is 12.7 Å². The highest BCUT2D eigenvalue weighted by atomic mass is 19.1. The Morgan fingerprint density at radius 3 is 2.66 bits per heavy atom. The summed E-state index contributed by atoms with van der Waals surface area (Å²) in [6, 6.07) is 9.43. The first-order valence-electron chi connectivity index (χ1n) is 14.5. The zero-order chi connectivity index (χ0) is 28.0. The molecule has 2 fully saturated rings. The van der Waals surface area contributed by atoms with Crippen LogP contribution in [0.5, 0.6) is 0 Å². The summed E-state index contributed by atoms with van der Waals surface area (Å²) >= 11 is 0. The third kappa shape index (κ3) is 3.76. The van der Waals surface area contributed by atoms with Crippen molar-refractivity contribution in [2.75, 3.05) is 6.54 Å². The number of hydrogen-bond donors (Lipinski definition) is 1. The van der Waals surface area contributed by atoms with Crippen LogP contribution in [-0.2, 0) is 12.1 Å². The van der Waals surface area contributed by atoms with Crippen LogP contribution < -0.4 is 11.0 Å². The van der Waals surface area contributed by atoms with E-state index in [-0.39, 0.29) is 11.7 Å². The monoisotopic (exact) mass is 555 g/mol. The van der Waals surface area contributed by atoms with Gasteiger partial charge in [0.05, 0.1) is 40.2 Å². The molecule has 8 rings (SSSR count). The Morgan fingerprint density at radius 2 is 1.90 bits per heavy atom. The van der Waals surface area contributed by atoms with E-state index in [9.17, 15) is 9.18 Å².